The van der Waals surface area contributed by atoms with Crippen LogP contribution in [-0.2, 0) is 16.1 Å². The van der Waals surface area contributed by atoms with E-state index in [1.54, 1.807) is 6.92 Å². The van der Waals surface area contributed by atoms with Crippen molar-refractivity contribution in [3.8, 4) is 0 Å². The Morgan fingerprint density at radius 1 is 1.15 bits per heavy atom. The van der Waals surface area contributed by atoms with E-state index < -0.39 is 6.10 Å². The average Bonchev–Trinajstić information content (AvgIpc) is 3.21. The van der Waals surface area contributed by atoms with Crippen molar-refractivity contribution in [2.75, 3.05) is 19.6 Å². The molecule has 27 heavy (non-hydrogen) atoms. The Kier molecular flexibility index (Phi) is 7.27. The van der Waals surface area contributed by atoms with Crippen molar-refractivity contribution in [3.63, 3.8) is 0 Å². The SMILES string of the molecule is C[C@H](OCc1ccccc1)C(=O)NC[C@@H](c1cccc(Cl)c1)N1CCCC1. The summed E-state index contributed by atoms with van der Waals surface area (Å²) in [6.45, 7) is 4.88. The van der Waals surface area contributed by atoms with Gasteiger partial charge in [0.25, 0.3) is 0 Å². The van der Waals surface area contributed by atoms with E-state index in [0.29, 0.717) is 13.2 Å². The molecular weight excluding hydrogens is 360 g/mol. The molecule has 2 aromatic rings. The Labute approximate surface area is 166 Å². The number of nitrogens with one attached hydrogen (secondary N) is 1. The number of amides is 1. The molecule has 1 aliphatic heterocycles. The van der Waals surface area contributed by atoms with Crippen LogP contribution in [-0.4, -0.2) is 36.5 Å². The molecule has 4 nitrogen and oxygen atoms in total. The van der Waals surface area contributed by atoms with Crippen LogP contribution in [0.25, 0.3) is 0 Å². The van der Waals surface area contributed by atoms with Crippen LogP contribution in [0.5, 0.6) is 0 Å². The Balaban J connectivity index is 1.56. The molecule has 1 N–H and O–H groups in total. The van der Waals surface area contributed by atoms with Gasteiger partial charge in [0.15, 0.2) is 0 Å². The van der Waals surface area contributed by atoms with Crippen molar-refractivity contribution < 1.29 is 9.53 Å². The van der Waals surface area contributed by atoms with E-state index in [4.69, 9.17) is 16.3 Å². The van der Waals surface area contributed by atoms with Gasteiger partial charge in [0.1, 0.15) is 6.10 Å². The number of likely N-dealkylation sites (tertiary alicyclic amines) is 1. The van der Waals surface area contributed by atoms with Gasteiger partial charge in [-0.1, -0.05) is 54.1 Å². The lowest BCUT2D eigenvalue weighted by atomic mass is 10.1. The first-order valence-electron chi connectivity index (χ1n) is 9.56. The number of hydrogen-bond acceptors (Lipinski definition) is 3. The van der Waals surface area contributed by atoms with E-state index in [2.05, 4.69) is 16.3 Å². The lowest BCUT2D eigenvalue weighted by Crippen LogP contribution is -2.41. The molecule has 1 fully saturated rings. The van der Waals surface area contributed by atoms with E-state index in [9.17, 15) is 4.79 Å². The number of nitrogens with zero attached hydrogens (tertiary/aromatic N) is 1. The van der Waals surface area contributed by atoms with E-state index >= 15 is 0 Å². The lowest BCUT2D eigenvalue weighted by molar-refractivity contribution is -0.132. The van der Waals surface area contributed by atoms with Gasteiger partial charge in [0.2, 0.25) is 5.91 Å². The smallest absolute Gasteiger partial charge is 0.248 e. The molecule has 0 unspecified atom stereocenters. The van der Waals surface area contributed by atoms with Crippen LogP contribution in [0.4, 0.5) is 0 Å². The summed E-state index contributed by atoms with van der Waals surface area (Å²) in [5, 5.41) is 3.79. The molecule has 1 aliphatic rings. The van der Waals surface area contributed by atoms with Crippen LogP contribution < -0.4 is 5.32 Å². The summed E-state index contributed by atoms with van der Waals surface area (Å²) in [6, 6.07) is 17.9. The Bertz CT molecular complexity index is 732. The molecule has 0 saturated carbocycles. The van der Waals surface area contributed by atoms with Crippen LogP contribution in [0.2, 0.25) is 5.02 Å². The van der Waals surface area contributed by atoms with Crippen LogP contribution in [0.3, 0.4) is 0 Å². The molecule has 0 aliphatic carbocycles. The summed E-state index contributed by atoms with van der Waals surface area (Å²) in [4.78, 5) is 14.9. The number of benzene rings is 2. The summed E-state index contributed by atoms with van der Waals surface area (Å²) in [5.74, 6) is -0.0860. The van der Waals surface area contributed by atoms with Crippen molar-refractivity contribution in [2.24, 2.45) is 0 Å². The molecule has 3 rings (SSSR count). The van der Waals surface area contributed by atoms with Crippen molar-refractivity contribution in [2.45, 2.75) is 38.5 Å². The predicted octanol–water partition coefficient (Wildman–Crippen LogP) is 4.20. The highest BCUT2D eigenvalue weighted by molar-refractivity contribution is 6.30. The standard InChI is InChI=1S/C22H27ClN2O2/c1-17(27-16-18-8-3-2-4-9-18)22(26)24-15-21(25-12-5-6-13-25)19-10-7-11-20(23)14-19/h2-4,7-11,14,17,21H,5-6,12-13,15-16H2,1H3,(H,24,26)/t17-,21-/m0/s1. The number of carbonyl (C=O) groups is 1. The van der Waals surface area contributed by atoms with E-state index in [1.807, 2.05) is 48.5 Å². The zero-order chi connectivity index (χ0) is 19.1. The third-order valence-electron chi connectivity index (χ3n) is 5.00. The fourth-order valence-electron chi connectivity index (χ4n) is 3.44. The van der Waals surface area contributed by atoms with Gasteiger partial charge < -0.3 is 10.1 Å². The van der Waals surface area contributed by atoms with Gasteiger partial charge in [-0.3, -0.25) is 9.69 Å². The van der Waals surface area contributed by atoms with Gasteiger partial charge >= 0.3 is 0 Å². The molecule has 0 aromatic heterocycles. The van der Waals surface area contributed by atoms with Crippen molar-refractivity contribution >= 4 is 17.5 Å². The predicted molar refractivity (Wildman–Crippen MR) is 109 cm³/mol. The molecule has 1 heterocycles. The molecule has 5 heteroatoms. The second kappa shape index (κ2) is 9.88. The number of halogens is 1. The van der Waals surface area contributed by atoms with Crippen LogP contribution in [0.1, 0.15) is 36.9 Å². The van der Waals surface area contributed by atoms with E-state index in [0.717, 1.165) is 29.2 Å². The zero-order valence-electron chi connectivity index (χ0n) is 15.7. The minimum atomic E-state index is -0.496. The maximum atomic E-state index is 12.5. The molecule has 2 atom stereocenters. The normalized spacial score (nSPS) is 16.8. The monoisotopic (exact) mass is 386 g/mol. The Morgan fingerprint density at radius 2 is 1.89 bits per heavy atom. The molecule has 0 bridgehead atoms. The molecule has 0 spiro atoms. The van der Waals surface area contributed by atoms with Crippen molar-refractivity contribution in [1.82, 2.24) is 10.2 Å². The Morgan fingerprint density at radius 3 is 2.59 bits per heavy atom. The molecule has 144 valence electrons. The molecule has 1 amide bonds. The number of hydrogen-bond donors (Lipinski definition) is 1. The van der Waals surface area contributed by atoms with Crippen LogP contribution >= 0.6 is 11.6 Å². The lowest BCUT2D eigenvalue weighted by Gasteiger charge is -2.29. The zero-order valence-corrected chi connectivity index (χ0v) is 16.5. The molecule has 2 aromatic carbocycles. The van der Waals surface area contributed by atoms with Gasteiger partial charge in [0, 0.05) is 11.6 Å². The molecular formula is C22H27ClN2O2. The van der Waals surface area contributed by atoms with Gasteiger partial charge in [0.05, 0.1) is 12.6 Å². The van der Waals surface area contributed by atoms with E-state index in [-0.39, 0.29) is 11.9 Å². The number of rotatable bonds is 8. The largest absolute Gasteiger partial charge is 0.364 e. The summed E-state index contributed by atoms with van der Waals surface area (Å²) in [6.07, 6.45) is 1.90. The Hall–Kier alpha value is -1.88. The fraction of sp³-hybridized carbons (Fsp3) is 0.409. The summed E-state index contributed by atoms with van der Waals surface area (Å²) < 4.78 is 5.73. The topological polar surface area (TPSA) is 41.6 Å². The first-order chi connectivity index (χ1) is 13.1. The molecule has 0 radical (unpaired) electrons. The molecule has 1 saturated heterocycles. The quantitative estimate of drug-likeness (QED) is 0.739. The third kappa shape index (κ3) is 5.80. The minimum Gasteiger partial charge on any atom is -0.364 e. The summed E-state index contributed by atoms with van der Waals surface area (Å²) >= 11 is 6.18. The van der Waals surface area contributed by atoms with Crippen molar-refractivity contribution in [1.29, 1.82) is 0 Å². The van der Waals surface area contributed by atoms with Gasteiger partial charge in [-0.05, 0) is 56.1 Å². The summed E-state index contributed by atoms with van der Waals surface area (Å²) in [7, 11) is 0. The maximum Gasteiger partial charge on any atom is 0.248 e. The number of carbonyl (C=O) groups excluding carboxylic acids is 1. The first-order valence-corrected chi connectivity index (χ1v) is 9.94. The van der Waals surface area contributed by atoms with E-state index in [1.165, 1.54) is 12.8 Å². The van der Waals surface area contributed by atoms with Crippen LogP contribution in [0.15, 0.2) is 54.6 Å². The van der Waals surface area contributed by atoms with Gasteiger partial charge in [-0.25, -0.2) is 0 Å². The second-order valence-corrected chi connectivity index (χ2v) is 7.43. The highest BCUT2D eigenvalue weighted by Crippen LogP contribution is 2.26. The van der Waals surface area contributed by atoms with Crippen molar-refractivity contribution in [3.05, 3.63) is 70.7 Å². The highest BCUT2D eigenvalue weighted by Gasteiger charge is 2.25. The van der Waals surface area contributed by atoms with Gasteiger partial charge in [-0.2, -0.15) is 0 Å². The number of ether oxygens (including phenoxy) is 1. The second-order valence-electron chi connectivity index (χ2n) is 7.00. The highest BCUT2D eigenvalue weighted by atomic mass is 35.5. The minimum absolute atomic E-state index is 0.0860. The maximum absolute atomic E-state index is 12.5. The third-order valence-corrected chi connectivity index (χ3v) is 5.23. The summed E-state index contributed by atoms with van der Waals surface area (Å²) in [5.41, 5.74) is 2.20. The van der Waals surface area contributed by atoms with Crippen LogP contribution in [0, 0.1) is 0 Å². The first kappa shape index (κ1) is 19.9. The van der Waals surface area contributed by atoms with Gasteiger partial charge in [-0.15, -0.1) is 0 Å². The average molecular weight is 387 g/mol. The fourth-order valence-corrected chi connectivity index (χ4v) is 3.64.